The van der Waals surface area contributed by atoms with Gasteiger partial charge in [-0.15, -0.1) is 0 Å². The van der Waals surface area contributed by atoms with Gasteiger partial charge in [-0.1, -0.05) is 129 Å². The van der Waals surface area contributed by atoms with Crippen LogP contribution in [0.3, 0.4) is 0 Å². The summed E-state index contributed by atoms with van der Waals surface area (Å²) in [5, 5.41) is 0. The fraction of sp³-hybridized carbons (Fsp3) is 0.192. The van der Waals surface area contributed by atoms with Gasteiger partial charge in [0.05, 0.1) is 0 Å². The van der Waals surface area contributed by atoms with Gasteiger partial charge < -0.3 is 4.90 Å². The monoisotopic (exact) mass is 681 g/mol. The van der Waals surface area contributed by atoms with Gasteiger partial charge in [0, 0.05) is 27.9 Å². The molecule has 1 spiro atoms. The van der Waals surface area contributed by atoms with Crippen LogP contribution in [-0.2, 0) is 10.8 Å². The second-order valence-electron chi connectivity index (χ2n) is 16.6. The Labute approximate surface area is 313 Å². The van der Waals surface area contributed by atoms with Crippen molar-refractivity contribution >= 4 is 17.1 Å². The van der Waals surface area contributed by atoms with Crippen LogP contribution in [0.1, 0.15) is 71.9 Å². The Morgan fingerprint density at radius 2 is 1.19 bits per heavy atom. The van der Waals surface area contributed by atoms with Gasteiger partial charge in [0.25, 0.3) is 0 Å². The molecule has 0 heterocycles. The number of benzene rings is 7. The predicted octanol–water partition coefficient (Wildman–Crippen LogP) is 13.6. The Bertz CT molecular complexity index is 2560. The summed E-state index contributed by atoms with van der Waals surface area (Å²) in [6.07, 6.45) is 2.51. The molecule has 0 amide bonds. The number of hydrogen-bond acceptors (Lipinski definition) is 1. The lowest BCUT2D eigenvalue weighted by atomic mass is 9.78. The smallest absolute Gasteiger partial charge is 0.0464 e. The summed E-state index contributed by atoms with van der Waals surface area (Å²) in [4.78, 5) is 2.36. The minimum absolute atomic E-state index is 0.0208. The molecule has 4 aliphatic rings. The van der Waals surface area contributed by atoms with Crippen molar-refractivity contribution in [3.8, 4) is 33.4 Å². The van der Waals surface area contributed by atoms with Crippen LogP contribution in [0.5, 0.6) is 0 Å². The first kappa shape index (κ1) is 30.9. The van der Waals surface area contributed by atoms with Gasteiger partial charge in [-0.2, -0.15) is 0 Å². The molecule has 256 valence electrons. The molecule has 53 heavy (non-hydrogen) atoms. The molecule has 4 unspecified atom stereocenters. The molecule has 2 saturated carbocycles. The van der Waals surface area contributed by atoms with Crippen molar-refractivity contribution in [2.75, 3.05) is 4.90 Å². The minimum atomic E-state index is -0.0208. The van der Waals surface area contributed by atoms with Crippen molar-refractivity contribution in [3.05, 3.63) is 197 Å². The number of nitrogens with zero attached hydrogens (tertiary/aromatic N) is 1. The largest absolute Gasteiger partial charge is 0.310 e. The van der Waals surface area contributed by atoms with Gasteiger partial charge >= 0.3 is 0 Å². The molecule has 4 aliphatic carbocycles. The predicted molar refractivity (Wildman–Crippen MR) is 221 cm³/mol. The van der Waals surface area contributed by atoms with Gasteiger partial charge in [-0.3, -0.25) is 0 Å². The maximum absolute atomic E-state index is 2.68. The first-order chi connectivity index (χ1) is 25.9. The number of anilines is 3. The molecular weight excluding hydrogens is 639 g/mol. The van der Waals surface area contributed by atoms with Crippen molar-refractivity contribution in [1.29, 1.82) is 0 Å². The van der Waals surface area contributed by atoms with Gasteiger partial charge in [-0.05, 0) is 153 Å². The first-order valence-corrected chi connectivity index (χ1v) is 19.4. The summed E-state index contributed by atoms with van der Waals surface area (Å²) in [6.45, 7) is 7.03. The molecule has 2 bridgehead atoms. The highest BCUT2D eigenvalue weighted by Crippen LogP contribution is 2.79. The Kier molecular flexibility index (Phi) is 6.52. The van der Waals surface area contributed by atoms with Crippen LogP contribution >= 0.6 is 0 Å². The lowest BCUT2D eigenvalue weighted by Crippen LogP contribution is -2.17. The van der Waals surface area contributed by atoms with Crippen LogP contribution in [0, 0.1) is 12.8 Å². The van der Waals surface area contributed by atoms with E-state index >= 15 is 0 Å². The molecule has 0 N–H and O–H groups in total. The van der Waals surface area contributed by atoms with Crippen molar-refractivity contribution in [3.63, 3.8) is 0 Å². The zero-order chi connectivity index (χ0) is 35.5. The third-order valence-electron chi connectivity index (χ3n) is 13.5. The summed E-state index contributed by atoms with van der Waals surface area (Å²) in [6, 6.07) is 61.9. The summed E-state index contributed by atoms with van der Waals surface area (Å²) in [5.74, 6) is 1.87. The Balaban J connectivity index is 1.06. The number of hydrogen-bond donors (Lipinski definition) is 0. The average Bonchev–Trinajstić information content (AvgIpc) is 3.58. The van der Waals surface area contributed by atoms with Crippen LogP contribution in [0.2, 0.25) is 0 Å². The van der Waals surface area contributed by atoms with Crippen molar-refractivity contribution in [2.45, 2.75) is 56.3 Å². The summed E-state index contributed by atoms with van der Waals surface area (Å²) < 4.78 is 0. The van der Waals surface area contributed by atoms with E-state index in [4.69, 9.17) is 0 Å². The van der Waals surface area contributed by atoms with E-state index in [2.05, 4.69) is 189 Å². The van der Waals surface area contributed by atoms with Crippen LogP contribution in [0.15, 0.2) is 164 Å². The van der Waals surface area contributed by atoms with Crippen molar-refractivity contribution in [1.82, 2.24) is 0 Å². The second kappa shape index (κ2) is 11.2. The number of para-hydroxylation sites is 1. The molecule has 7 aromatic carbocycles. The second-order valence-corrected chi connectivity index (χ2v) is 16.6. The molecule has 0 aliphatic heterocycles. The van der Waals surface area contributed by atoms with Crippen LogP contribution < -0.4 is 4.90 Å². The Morgan fingerprint density at radius 3 is 1.98 bits per heavy atom. The van der Waals surface area contributed by atoms with Gasteiger partial charge in [-0.25, -0.2) is 0 Å². The first-order valence-electron chi connectivity index (χ1n) is 19.4. The van der Waals surface area contributed by atoms with Crippen LogP contribution in [-0.4, -0.2) is 0 Å². The zero-order valence-electron chi connectivity index (χ0n) is 30.7. The van der Waals surface area contributed by atoms with Crippen LogP contribution in [0.25, 0.3) is 33.4 Å². The molecular formula is C52H43N. The van der Waals surface area contributed by atoms with Crippen molar-refractivity contribution in [2.24, 2.45) is 5.92 Å². The van der Waals surface area contributed by atoms with Gasteiger partial charge in [0.15, 0.2) is 0 Å². The van der Waals surface area contributed by atoms with E-state index in [-0.39, 0.29) is 10.8 Å². The quantitative estimate of drug-likeness (QED) is 0.175. The van der Waals surface area contributed by atoms with E-state index in [1.807, 2.05) is 0 Å². The lowest BCUT2D eigenvalue weighted by molar-refractivity contribution is 0.564. The molecule has 0 saturated heterocycles. The molecule has 0 radical (unpaired) electrons. The molecule has 7 aromatic rings. The van der Waals surface area contributed by atoms with Gasteiger partial charge in [0.2, 0.25) is 0 Å². The summed E-state index contributed by atoms with van der Waals surface area (Å²) in [7, 11) is 0. The number of fused-ring (bicyclic) bond motifs is 8. The van der Waals surface area contributed by atoms with E-state index in [0.717, 1.165) is 11.4 Å². The molecule has 1 nitrogen and oxygen atoms in total. The number of aryl methyl sites for hydroxylation is 1. The summed E-state index contributed by atoms with van der Waals surface area (Å²) >= 11 is 0. The highest BCUT2D eigenvalue weighted by molar-refractivity contribution is 5.90. The van der Waals surface area contributed by atoms with E-state index in [1.54, 1.807) is 11.1 Å². The SMILES string of the molecule is Cc1cccc(N(c2ccccc2)c2ccc(-c3ccc4c(c3)-c3cc5c(cc3C36CC4CC3C6c3ccccc3)C(C)(C)c3ccccc3-5)cc2)c1. The lowest BCUT2D eigenvalue weighted by Gasteiger charge is -2.26. The summed E-state index contributed by atoms with van der Waals surface area (Å²) in [5.41, 5.74) is 20.8. The maximum Gasteiger partial charge on any atom is 0.0464 e. The third kappa shape index (κ3) is 4.43. The highest BCUT2D eigenvalue weighted by atomic mass is 15.1. The van der Waals surface area contributed by atoms with Crippen LogP contribution in [0.4, 0.5) is 17.1 Å². The standard InChI is InChI=1S/C52H43N/c1-33-13-12-18-40(27-33)53(38-16-8-5-9-17-38)39-24-21-34(22-25-39)36-23-26-41-37-29-49-50(35-14-6-4-7-15-35)52(49,32-37)48-31-47-44(30-45(48)43(41)28-36)42-19-10-11-20-46(42)51(47,2)3/h4-28,30-31,37,49-50H,29,32H2,1-3H3. The molecule has 4 atom stereocenters. The Morgan fingerprint density at radius 1 is 0.509 bits per heavy atom. The normalized spacial score (nSPS) is 22.1. The fourth-order valence-electron chi connectivity index (χ4n) is 11.1. The molecule has 0 aromatic heterocycles. The average molecular weight is 682 g/mol. The third-order valence-corrected chi connectivity index (χ3v) is 13.5. The molecule has 2 fully saturated rings. The topological polar surface area (TPSA) is 3.24 Å². The molecule has 1 heteroatoms. The van der Waals surface area contributed by atoms with E-state index in [0.29, 0.717) is 17.8 Å². The Hall–Kier alpha value is -5.66. The minimum Gasteiger partial charge on any atom is -0.310 e. The molecule has 11 rings (SSSR count). The van der Waals surface area contributed by atoms with Gasteiger partial charge in [0.1, 0.15) is 0 Å². The van der Waals surface area contributed by atoms with E-state index < -0.39 is 0 Å². The number of rotatable bonds is 5. The fourth-order valence-corrected chi connectivity index (χ4v) is 11.1. The zero-order valence-corrected chi connectivity index (χ0v) is 30.7. The van der Waals surface area contributed by atoms with E-state index in [9.17, 15) is 0 Å². The highest BCUT2D eigenvalue weighted by Gasteiger charge is 2.71. The van der Waals surface area contributed by atoms with E-state index in [1.165, 1.54) is 74.2 Å². The maximum atomic E-state index is 2.68. The van der Waals surface area contributed by atoms with Crippen molar-refractivity contribution < 1.29 is 0 Å².